The highest BCUT2D eigenvalue weighted by Gasteiger charge is 2.01. The monoisotopic (exact) mass is 162 g/mol. The highest BCUT2D eigenvalue weighted by molar-refractivity contribution is 5.54. The molecule has 2 heterocycles. The number of hydrogen-bond donors (Lipinski definition) is 1. The molecule has 2 aromatic heterocycles. The van der Waals surface area contributed by atoms with Gasteiger partial charge in [-0.15, -0.1) is 0 Å². The van der Waals surface area contributed by atoms with Gasteiger partial charge in [0, 0.05) is 17.5 Å². The molecule has 0 fully saturated rings. The molecule has 2 aromatic rings. The number of aliphatic hydroxyl groups excluding tert-OH is 1. The van der Waals surface area contributed by atoms with Gasteiger partial charge in [0.25, 0.3) is 0 Å². The fourth-order valence-corrected chi connectivity index (χ4v) is 1.34. The third kappa shape index (κ3) is 0.905. The number of rotatable bonds is 1. The highest BCUT2D eigenvalue weighted by atomic mass is 16.3. The molecule has 12 heavy (non-hydrogen) atoms. The predicted octanol–water partition coefficient (Wildman–Crippen LogP) is 1.14. The zero-order valence-electron chi connectivity index (χ0n) is 6.86. The maximum absolute atomic E-state index is 9.00. The van der Waals surface area contributed by atoms with Crippen LogP contribution in [0.4, 0.5) is 0 Å². The Balaban J connectivity index is 2.82. The highest BCUT2D eigenvalue weighted by Crippen LogP contribution is 2.12. The zero-order valence-corrected chi connectivity index (χ0v) is 6.86. The van der Waals surface area contributed by atoms with Gasteiger partial charge in [0.1, 0.15) is 0 Å². The van der Waals surface area contributed by atoms with E-state index in [0.29, 0.717) is 0 Å². The van der Waals surface area contributed by atoms with Gasteiger partial charge in [0.15, 0.2) is 0 Å². The molecule has 0 bridgehead atoms. The first kappa shape index (κ1) is 7.31. The van der Waals surface area contributed by atoms with Crippen molar-refractivity contribution in [2.24, 2.45) is 0 Å². The lowest BCUT2D eigenvalue weighted by molar-refractivity contribution is 0.283. The van der Waals surface area contributed by atoms with Crippen LogP contribution < -0.4 is 0 Å². The molecule has 62 valence electrons. The molecule has 0 aliphatic heterocycles. The average Bonchev–Trinajstić information content (AvgIpc) is 2.54. The molecular formula is C9H10N2O. The lowest BCUT2D eigenvalue weighted by Crippen LogP contribution is -1.96. The van der Waals surface area contributed by atoms with Crippen LogP contribution in [-0.2, 0) is 6.61 Å². The van der Waals surface area contributed by atoms with Crippen molar-refractivity contribution in [3.8, 4) is 0 Å². The van der Waals surface area contributed by atoms with Gasteiger partial charge in [-0.3, -0.25) is 0 Å². The first-order valence-electron chi connectivity index (χ1n) is 3.86. The van der Waals surface area contributed by atoms with E-state index in [-0.39, 0.29) is 6.61 Å². The van der Waals surface area contributed by atoms with Crippen molar-refractivity contribution in [1.82, 2.24) is 9.61 Å². The van der Waals surface area contributed by atoms with Crippen molar-refractivity contribution in [3.63, 3.8) is 0 Å². The molecule has 3 nitrogen and oxygen atoms in total. The van der Waals surface area contributed by atoms with Crippen molar-refractivity contribution < 1.29 is 5.11 Å². The zero-order chi connectivity index (χ0) is 8.55. The van der Waals surface area contributed by atoms with Crippen molar-refractivity contribution in [2.45, 2.75) is 13.5 Å². The topological polar surface area (TPSA) is 37.5 Å². The summed E-state index contributed by atoms with van der Waals surface area (Å²) in [5, 5.41) is 13.1. The standard InChI is InChI=1S/C9H10N2O/c1-7-2-3-8(6-12)9-4-5-10-11(7)9/h2-5,12H,6H2,1H3. The van der Waals surface area contributed by atoms with E-state index in [1.54, 1.807) is 6.20 Å². The molecule has 0 radical (unpaired) electrons. The Morgan fingerprint density at radius 2 is 2.25 bits per heavy atom. The van der Waals surface area contributed by atoms with E-state index < -0.39 is 0 Å². The second kappa shape index (κ2) is 2.60. The first-order valence-corrected chi connectivity index (χ1v) is 3.86. The summed E-state index contributed by atoms with van der Waals surface area (Å²) in [6.07, 6.45) is 1.74. The molecule has 0 amide bonds. The summed E-state index contributed by atoms with van der Waals surface area (Å²) >= 11 is 0. The van der Waals surface area contributed by atoms with Gasteiger partial charge in [-0.05, 0) is 19.1 Å². The van der Waals surface area contributed by atoms with Crippen LogP contribution in [0.3, 0.4) is 0 Å². The minimum Gasteiger partial charge on any atom is -0.392 e. The molecule has 0 unspecified atom stereocenters. The molecule has 0 atom stereocenters. The molecule has 3 heteroatoms. The number of aromatic nitrogens is 2. The Hall–Kier alpha value is -1.35. The Kier molecular flexibility index (Phi) is 1.59. The number of aliphatic hydroxyl groups is 1. The normalized spacial score (nSPS) is 10.8. The third-order valence-electron chi connectivity index (χ3n) is 2.00. The molecule has 2 rings (SSSR count). The van der Waals surface area contributed by atoms with Crippen LogP contribution in [0.5, 0.6) is 0 Å². The molecule has 0 aromatic carbocycles. The largest absolute Gasteiger partial charge is 0.392 e. The Morgan fingerprint density at radius 1 is 1.42 bits per heavy atom. The minimum atomic E-state index is 0.0650. The van der Waals surface area contributed by atoms with Gasteiger partial charge < -0.3 is 5.11 Å². The molecule has 0 aliphatic carbocycles. The molecular weight excluding hydrogens is 152 g/mol. The number of nitrogens with zero attached hydrogens (tertiary/aromatic N) is 2. The van der Waals surface area contributed by atoms with Gasteiger partial charge in [0.2, 0.25) is 0 Å². The number of fused-ring (bicyclic) bond motifs is 1. The van der Waals surface area contributed by atoms with Gasteiger partial charge in [-0.1, -0.05) is 6.07 Å². The average molecular weight is 162 g/mol. The quantitative estimate of drug-likeness (QED) is 0.682. The van der Waals surface area contributed by atoms with E-state index in [1.807, 2.05) is 29.6 Å². The van der Waals surface area contributed by atoms with Crippen molar-refractivity contribution in [1.29, 1.82) is 0 Å². The lowest BCUT2D eigenvalue weighted by atomic mass is 10.2. The predicted molar refractivity (Wildman–Crippen MR) is 45.9 cm³/mol. The van der Waals surface area contributed by atoms with Crippen LogP contribution in [-0.4, -0.2) is 14.7 Å². The number of aryl methyl sites for hydroxylation is 1. The van der Waals surface area contributed by atoms with Gasteiger partial charge in [0.05, 0.1) is 12.1 Å². The molecule has 0 saturated carbocycles. The smallest absolute Gasteiger partial charge is 0.0719 e. The lowest BCUT2D eigenvalue weighted by Gasteiger charge is -2.02. The van der Waals surface area contributed by atoms with E-state index in [1.165, 1.54) is 0 Å². The van der Waals surface area contributed by atoms with E-state index in [9.17, 15) is 0 Å². The Labute approximate surface area is 70.3 Å². The molecule has 0 saturated heterocycles. The van der Waals surface area contributed by atoms with Crippen LogP contribution in [0.15, 0.2) is 24.4 Å². The summed E-state index contributed by atoms with van der Waals surface area (Å²) in [6, 6.07) is 5.77. The summed E-state index contributed by atoms with van der Waals surface area (Å²) in [5.74, 6) is 0. The SMILES string of the molecule is Cc1ccc(CO)c2ccnn12. The van der Waals surface area contributed by atoms with Gasteiger partial charge >= 0.3 is 0 Å². The van der Waals surface area contributed by atoms with Crippen LogP contribution in [0, 0.1) is 6.92 Å². The van der Waals surface area contributed by atoms with Crippen molar-refractivity contribution in [2.75, 3.05) is 0 Å². The summed E-state index contributed by atoms with van der Waals surface area (Å²) in [5.41, 5.74) is 2.97. The van der Waals surface area contributed by atoms with E-state index in [4.69, 9.17) is 5.11 Å². The number of hydrogen-bond acceptors (Lipinski definition) is 2. The second-order valence-electron chi connectivity index (χ2n) is 2.79. The molecule has 1 N–H and O–H groups in total. The maximum Gasteiger partial charge on any atom is 0.0719 e. The van der Waals surface area contributed by atoms with Crippen LogP contribution in [0.1, 0.15) is 11.3 Å². The summed E-state index contributed by atoms with van der Waals surface area (Å²) in [4.78, 5) is 0. The Bertz CT molecular complexity index is 406. The fraction of sp³-hybridized carbons (Fsp3) is 0.222. The first-order chi connectivity index (χ1) is 5.83. The number of pyridine rings is 1. The van der Waals surface area contributed by atoms with Gasteiger partial charge in [-0.25, -0.2) is 4.52 Å². The summed E-state index contributed by atoms with van der Waals surface area (Å²) in [7, 11) is 0. The molecule has 0 spiro atoms. The maximum atomic E-state index is 9.00. The third-order valence-corrected chi connectivity index (χ3v) is 2.00. The van der Waals surface area contributed by atoms with E-state index in [0.717, 1.165) is 16.8 Å². The summed E-state index contributed by atoms with van der Waals surface area (Å²) < 4.78 is 1.82. The van der Waals surface area contributed by atoms with Crippen LogP contribution in [0.2, 0.25) is 0 Å². The minimum absolute atomic E-state index is 0.0650. The van der Waals surface area contributed by atoms with Crippen molar-refractivity contribution >= 4 is 5.52 Å². The Morgan fingerprint density at radius 3 is 3.00 bits per heavy atom. The van der Waals surface area contributed by atoms with Crippen LogP contribution >= 0.6 is 0 Å². The van der Waals surface area contributed by atoms with Crippen molar-refractivity contribution in [3.05, 3.63) is 35.7 Å². The second-order valence-corrected chi connectivity index (χ2v) is 2.79. The van der Waals surface area contributed by atoms with E-state index >= 15 is 0 Å². The summed E-state index contributed by atoms with van der Waals surface area (Å²) in [6.45, 7) is 2.05. The molecule has 0 aliphatic rings. The fourth-order valence-electron chi connectivity index (χ4n) is 1.34. The van der Waals surface area contributed by atoms with Gasteiger partial charge in [-0.2, -0.15) is 5.10 Å². The van der Waals surface area contributed by atoms with Crippen LogP contribution in [0.25, 0.3) is 5.52 Å². The van der Waals surface area contributed by atoms with E-state index in [2.05, 4.69) is 5.10 Å².